The van der Waals surface area contributed by atoms with Gasteiger partial charge in [-0.05, 0) is 20.3 Å². The Labute approximate surface area is 102 Å². The number of hydrogen-bond acceptors (Lipinski definition) is 2. The zero-order valence-corrected chi connectivity index (χ0v) is 10.9. The van der Waals surface area contributed by atoms with Gasteiger partial charge in [-0.15, -0.1) is 24.0 Å². The molecule has 0 aliphatic carbocycles. The quantitative estimate of drug-likeness (QED) is 0.754. The van der Waals surface area contributed by atoms with Crippen LogP contribution in [0.4, 0.5) is 0 Å². The number of alkyl halides is 1. The van der Waals surface area contributed by atoms with Crippen LogP contribution in [0.15, 0.2) is 6.20 Å². The third kappa shape index (κ3) is 3.92. The van der Waals surface area contributed by atoms with Gasteiger partial charge in [-0.2, -0.15) is 4.73 Å². The van der Waals surface area contributed by atoms with Gasteiger partial charge < -0.3 is 4.84 Å². The minimum absolute atomic E-state index is 0. The largest absolute Gasteiger partial charge is 0.410 e. The van der Waals surface area contributed by atoms with E-state index < -0.39 is 0 Å². The van der Waals surface area contributed by atoms with Crippen LogP contribution in [0.1, 0.15) is 38.7 Å². The summed E-state index contributed by atoms with van der Waals surface area (Å²) in [6.07, 6.45) is 3.89. The van der Waals surface area contributed by atoms with Crippen molar-refractivity contribution in [2.45, 2.75) is 45.6 Å². The zero-order valence-electron chi connectivity index (χ0n) is 9.36. The summed E-state index contributed by atoms with van der Waals surface area (Å²) in [5.74, 6) is 1.39. The summed E-state index contributed by atoms with van der Waals surface area (Å²) >= 11 is 5.79. The summed E-state index contributed by atoms with van der Waals surface area (Å²) in [7, 11) is 0. The summed E-state index contributed by atoms with van der Waals surface area (Å²) in [5.41, 5.74) is 0.920. The molecule has 0 atom stereocenters. The summed E-state index contributed by atoms with van der Waals surface area (Å²) in [5, 5.41) is 0. The molecular formula is C10H18Cl2N2O. The molecule has 1 aromatic rings. The fraction of sp³-hybridized carbons (Fsp3) is 0.700. The first-order valence-electron chi connectivity index (χ1n) is 4.97. The molecule has 0 bridgehead atoms. The number of aromatic nitrogens is 2. The van der Waals surface area contributed by atoms with E-state index in [9.17, 15) is 0 Å². The Morgan fingerprint density at radius 3 is 2.67 bits per heavy atom. The third-order valence-corrected chi connectivity index (χ3v) is 2.06. The van der Waals surface area contributed by atoms with Crippen LogP contribution in [0.3, 0.4) is 0 Å². The van der Waals surface area contributed by atoms with Crippen molar-refractivity contribution in [3.05, 3.63) is 17.7 Å². The third-order valence-electron chi connectivity index (χ3n) is 1.78. The van der Waals surface area contributed by atoms with Gasteiger partial charge in [-0.3, -0.25) is 0 Å². The summed E-state index contributed by atoms with van der Waals surface area (Å²) in [6, 6.07) is 0. The van der Waals surface area contributed by atoms with Gasteiger partial charge in [0.15, 0.2) is 0 Å². The van der Waals surface area contributed by atoms with Gasteiger partial charge in [0.05, 0.1) is 17.8 Å². The normalized spacial score (nSPS) is 10.2. The van der Waals surface area contributed by atoms with Crippen molar-refractivity contribution < 1.29 is 4.84 Å². The first-order chi connectivity index (χ1) is 6.69. The lowest BCUT2D eigenvalue weighted by molar-refractivity contribution is 0.0498. The Kier molecular flexibility index (Phi) is 6.77. The first-order valence-corrected chi connectivity index (χ1v) is 5.51. The maximum atomic E-state index is 5.79. The van der Waals surface area contributed by atoms with Crippen molar-refractivity contribution in [1.29, 1.82) is 0 Å². The van der Waals surface area contributed by atoms with Gasteiger partial charge in [0, 0.05) is 6.42 Å². The SMILES string of the molecule is CCCc1ncc(CCl)n1OC(C)C.Cl. The molecule has 0 aliphatic rings. The number of imidazole rings is 1. The molecule has 1 aromatic heterocycles. The lowest BCUT2D eigenvalue weighted by Gasteiger charge is -2.14. The van der Waals surface area contributed by atoms with Crippen molar-refractivity contribution in [3.8, 4) is 0 Å². The molecule has 88 valence electrons. The van der Waals surface area contributed by atoms with Crippen LogP contribution in [-0.4, -0.2) is 15.8 Å². The van der Waals surface area contributed by atoms with E-state index in [1.807, 2.05) is 13.8 Å². The van der Waals surface area contributed by atoms with Gasteiger partial charge in [0.2, 0.25) is 0 Å². The van der Waals surface area contributed by atoms with Crippen LogP contribution in [0.2, 0.25) is 0 Å². The van der Waals surface area contributed by atoms with Crippen molar-refractivity contribution in [2.24, 2.45) is 0 Å². The average molecular weight is 253 g/mol. The van der Waals surface area contributed by atoms with Crippen LogP contribution in [0.25, 0.3) is 0 Å². The molecule has 0 amide bonds. The minimum Gasteiger partial charge on any atom is -0.410 e. The molecule has 0 unspecified atom stereocenters. The van der Waals surface area contributed by atoms with Crippen LogP contribution in [0.5, 0.6) is 0 Å². The highest BCUT2D eigenvalue weighted by atomic mass is 35.5. The van der Waals surface area contributed by atoms with Crippen molar-refractivity contribution in [1.82, 2.24) is 9.71 Å². The molecule has 0 fully saturated rings. The molecule has 1 heterocycles. The van der Waals surface area contributed by atoms with Crippen molar-refractivity contribution >= 4 is 24.0 Å². The molecular weight excluding hydrogens is 235 g/mol. The molecule has 5 heteroatoms. The van der Waals surface area contributed by atoms with Gasteiger partial charge in [0.1, 0.15) is 11.9 Å². The highest BCUT2D eigenvalue weighted by Gasteiger charge is 2.10. The summed E-state index contributed by atoms with van der Waals surface area (Å²) in [6.45, 7) is 6.11. The lowest BCUT2D eigenvalue weighted by atomic mass is 10.3. The maximum Gasteiger partial charge on any atom is 0.145 e. The second kappa shape index (κ2) is 6.96. The molecule has 3 nitrogen and oxygen atoms in total. The van der Waals surface area contributed by atoms with Gasteiger partial charge in [-0.25, -0.2) is 4.98 Å². The van der Waals surface area contributed by atoms with Crippen molar-refractivity contribution in [3.63, 3.8) is 0 Å². The van der Waals surface area contributed by atoms with E-state index in [0.29, 0.717) is 5.88 Å². The second-order valence-electron chi connectivity index (χ2n) is 3.50. The predicted molar refractivity (Wildman–Crippen MR) is 64.7 cm³/mol. The van der Waals surface area contributed by atoms with E-state index >= 15 is 0 Å². The Morgan fingerprint density at radius 2 is 2.20 bits per heavy atom. The first kappa shape index (κ1) is 14.6. The molecule has 0 N–H and O–H groups in total. The fourth-order valence-electron chi connectivity index (χ4n) is 1.24. The Balaban J connectivity index is 0.00000196. The molecule has 0 spiro atoms. The molecule has 0 saturated carbocycles. The van der Waals surface area contributed by atoms with Gasteiger partial charge in [-0.1, -0.05) is 6.92 Å². The number of aryl methyl sites for hydroxylation is 1. The Morgan fingerprint density at radius 1 is 1.53 bits per heavy atom. The van der Waals surface area contributed by atoms with Crippen molar-refractivity contribution in [2.75, 3.05) is 0 Å². The van der Waals surface area contributed by atoms with E-state index in [0.717, 1.165) is 24.4 Å². The van der Waals surface area contributed by atoms with Gasteiger partial charge in [0.25, 0.3) is 0 Å². The van der Waals surface area contributed by atoms with E-state index in [4.69, 9.17) is 16.4 Å². The topological polar surface area (TPSA) is 27.1 Å². The average Bonchev–Trinajstić information content (AvgIpc) is 2.48. The van der Waals surface area contributed by atoms with Crippen LogP contribution < -0.4 is 4.84 Å². The molecule has 15 heavy (non-hydrogen) atoms. The van der Waals surface area contributed by atoms with E-state index in [1.54, 1.807) is 10.9 Å². The Hall–Kier alpha value is -0.410. The number of hydrogen-bond donors (Lipinski definition) is 0. The predicted octanol–water partition coefficient (Wildman–Crippen LogP) is 2.83. The lowest BCUT2D eigenvalue weighted by Crippen LogP contribution is -2.22. The highest BCUT2D eigenvalue weighted by Crippen LogP contribution is 2.09. The fourth-order valence-corrected chi connectivity index (χ4v) is 1.42. The summed E-state index contributed by atoms with van der Waals surface area (Å²) < 4.78 is 1.77. The number of rotatable bonds is 5. The Bertz CT molecular complexity index is 287. The monoisotopic (exact) mass is 252 g/mol. The van der Waals surface area contributed by atoms with E-state index in [-0.39, 0.29) is 18.5 Å². The standard InChI is InChI=1S/C10H17ClN2O.ClH/c1-4-5-10-12-7-9(6-11)13(10)14-8(2)3;/h7-8H,4-6H2,1-3H3;1H. The zero-order chi connectivity index (χ0) is 10.6. The molecule has 0 aliphatic heterocycles. The molecule has 0 saturated heterocycles. The molecule has 0 radical (unpaired) electrons. The number of halogens is 2. The molecule has 1 rings (SSSR count). The van der Waals surface area contributed by atoms with Gasteiger partial charge >= 0.3 is 0 Å². The second-order valence-corrected chi connectivity index (χ2v) is 3.77. The number of nitrogens with zero attached hydrogens (tertiary/aromatic N) is 2. The summed E-state index contributed by atoms with van der Waals surface area (Å²) in [4.78, 5) is 9.91. The minimum atomic E-state index is 0. The van der Waals surface area contributed by atoms with Crippen LogP contribution in [-0.2, 0) is 12.3 Å². The smallest absolute Gasteiger partial charge is 0.145 e. The van der Waals surface area contributed by atoms with Crippen LogP contribution in [0, 0.1) is 0 Å². The molecule has 0 aromatic carbocycles. The van der Waals surface area contributed by atoms with E-state index in [1.165, 1.54) is 0 Å². The highest BCUT2D eigenvalue weighted by molar-refractivity contribution is 6.16. The van der Waals surface area contributed by atoms with Crippen LogP contribution >= 0.6 is 24.0 Å². The van der Waals surface area contributed by atoms with E-state index in [2.05, 4.69) is 11.9 Å². The maximum absolute atomic E-state index is 5.79.